The van der Waals surface area contributed by atoms with E-state index in [9.17, 15) is 4.39 Å². The van der Waals surface area contributed by atoms with Crippen LogP contribution < -0.4 is 5.73 Å². The number of hydrogen-bond donors (Lipinski definition) is 1. The largest absolute Gasteiger partial charge is 0.384 e. The van der Waals surface area contributed by atoms with Gasteiger partial charge in [-0.1, -0.05) is 103 Å². The smallest absolute Gasteiger partial charge is 0.138 e. The molecule has 0 bridgehead atoms. The maximum absolute atomic E-state index is 14.3. The van der Waals surface area contributed by atoms with E-state index in [1.165, 1.54) is 12.1 Å². The van der Waals surface area contributed by atoms with Crippen molar-refractivity contribution in [2.75, 3.05) is 5.73 Å². The zero-order chi connectivity index (χ0) is 24.5. The number of fused-ring (bicyclic) bond motifs is 1. The molecule has 5 heteroatoms. The highest BCUT2D eigenvalue weighted by Crippen LogP contribution is 2.43. The Bertz CT molecular complexity index is 1550. The van der Waals surface area contributed by atoms with Crippen molar-refractivity contribution in [2.24, 2.45) is 0 Å². The Morgan fingerprint density at radius 1 is 0.639 bits per heavy atom. The van der Waals surface area contributed by atoms with Gasteiger partial charge in [0.25, 0.3) is 0 Å². The fraction of sp³-hybridized carbons (Fsp3) is 0.0323. The Kier molecular flexibility index (Phi) is 5.30. The van der Waals surface area contributed by atoms with Crippen LogP contribution in [-0.2, 0) is 5.54 Å². The number of nitrogen functional groups attached to an aromatic ring is 1. The lowest BCUT2D eigenvalue weighted by Crippen LogP contribution is -2.38. The van der Waals surface area contributed by atoms with Gasteiger partial charge in [0.1, 0.15) is 28.4 Å². The summed E-state index contributed by atoms with van der Waals surface area (Å²) < 4.78 is 16.3. The molecule has 2 N–H and O–H groups in total. The van der Waals surface area contributed by atoms with E-state index in [-0.39, 0.29) is 5.82 Å². The monoisotopic (exact) mass is 470 g/mol. The topological polar surface area (TPSA) is 56.7 Å². The first kappa shape index (κ1) is 21.7. The predicted octanol–water partition coefficient (Wildman–Crippen LogP) is 6.66. The number of benzene rings is 4. The van der Waals surface area contributed by atoms with Crippen molar-refractivity contribution >= 4 is 16.9 Å². The molecule has 2 heterocycles. The van der Waals surface area contributed by atoms with Crippen LogP contribution in [0.1, 0.15) is 16.7 Å². The van der Waals surface area contributed by atoms with E-state index in [0.717, 1.165) is 22.2 Å². The van der Waals surface area contributed by atoms with Crippen LogP contribution in [0.5, 0.6) is 0 Å². The molecule has 0 saturated carbocycles. The number of aromatic nitrogens is 3. The summed E-state index contributed by atoms with van der Waals surface area (Å²) in [6.45, 7) is 0. The van der Waals surface area contributed by atoms with Gasteiger partial charge in [0, 0.05) is 5.56 Å². The molecule has 6 rings (SSSR count). The molecule has 0 spiro atoms. The Labute approximate surface area is 208 Å². The summed E-state index contributed by atoms with van der Waals surface area (Å²) in [7, 11) is 0. The SMILES string of the molecule is Nc1ccc2c(n1)c(-c1cccc(F)c1)nn2C(c1ccccc1)(c1ccccc1)c1ccccc1. The molecule has 0 unspecified atom stereocenters. The second-order valence-electron chi connectivity index (χ2n) is 8.68. The summed E-state index contributed by atoms with van der Waals surface area (Å²) in [4.78, 5) is 4.67. The van der Waals surface area contributed by atoms with Crippen molar-refractivity contribution in [1.29, 1.82) is 0 Å². The van der Waals surface area contributed by atoms with Gasteiger partial charge in [-0.3, -0.25) is 0 Å². The van der Waals surface area contributed by atoms with E-state index >= 15 is 0 Å². The fourth-order valence-electron chi connectivity index (χ4n) is 5.00. The standard InChI is InChI=1S/C31H23FN4/c32-26-18-10-11-22(21-26)29-30-27(19-20-28(33)34-30)36(35-29)31(23-12-4-1-5-13-23,24-14-6-2-7-15-24)25-16-8-3-9-17-25/h1-21H,(H2,33,34). The van der Waals surface area contributed by atoms with Gasteiger partial charge in [-0.15, -0.1) is 0 Å². The van der Waals surface area contributed by atoms with Gasteiger partial charge in [0.15, 0.2) is 0 Å². The van der Waals surface area contributed by atoms with E-state index in [0.29, 0.717) is 22.6 Å². The number of pyridine rings is 1. The Morgan fingerprint density at radius 3 is 1.72 bits per heavy atom. The molecule has 0 aliphatic heterocycles. The van der Waals surface area contributed by atoms with Crippen LogP contribution in [0.3, 0.4) is 0 Å². The Morgan fingerprint density at radius 2 is 1.19 bits per heavy atom. The molecule has 6 aromatic rings. The number of nitrogens with zero attached hydrogens (tertiary/aromatic N) is 3. The van der Waals surface area contributed by atoms with Crippen LogP contribution >= 0.6 is 0 Å². The molecule has 4 nitrogen and oxygen atoms in total. The minimum absolute atomic E-state index is 0.334. The number of halogens is 1. The Hall–Kier alpha value is -4.77. The molecular weight excluding hydrogens is 447 g/mol. The summed E-state index contributed by atoms with van der Waals surface area (Å²) in [5, 5.41) is 5.18. The maximum atomic E-state index is 14.3. The molecule has 0 aliphatic carbocycles. The maximum Gasteiger partial charge on any atom is 0.138 e. The molecular formula is C31H23FN4. The molecule has 0 radical (unpaired) electrons. The van der Waals surface area contributed by atoms with E-state index in [4.69, 9.17) is 10.8 Å². The molecule has 4 aromatic carbocycles. The fourth-order valence-corrected chi connectivity index (χ4v) is 5.00. The zero-order valence-corrected chi connectivity index (χ0v) is 19.4. The molecule has 36 heavy (non-hydrogen) atoms. The summed E-state index contributed by atoms with van der Waals surface area (Å²) in [5.41, 5.74) is 11.0. The highest BCUT2D eigenvalue weighted by Gasteiger charge is 2.41. The lowest BCUT2D eigenvalue weighted by atomic mass is 9.77. The molecule has 0 atom stereocenters. The van der Waals surface area contributed by atoms with E-state index in [2.05, 4.69) is 41.4 Å². The van der Waals surface area contributed by atoms with Crippen LogP contribution in [0, 0.1) is 5.82 Å². The van der Waals surface area contributed by atoms with E-state index in [1.54, 1.807) is 12.1 Å². The van der Waals surface area contributed by atoms with Crippen molar-refractivity contribution in [3.05, 3.63) is 150 Å². The van der Waals surface area contributed by atoms with Gasteiger partial charge in [-0.05, 0) is 41.0 Å². The van der Waals surface area contributed by atoms with E-state index < -0.39 is 5.54 Å². The predicted molar refractivity (Wildman–Crippen MR) is 142 cm³/mol. The quantitative estimate of drug-likeness (QED) is 0.287. The lowest BCUT2D eigenvalue weighted by molar-refractivity contribution is 0.477. The number of anilines is 1. The number of hydrogen-bond acceptors (Lipinski definition) is 3. The van der Waals surface area contributed by atoms with Gasteiger partial charge in [0.2, 0.25) is 0 Å². The molecule has 2 aromatic heterocycles. The van der Waals surface area contributed by atoms with Crippen molar-refractivity contribution < 1.29 is 4.39 Å². The summed E-state index contributed by atoms with van der Waals surface area (Å²) in [5.74, 6) is 0.0454. The highest BCUT2D eigenvalue weighted by molar-refractivity contribution is 5.91. The first-order valence-corrected chi connectivity index (χ1v) is 11.8. The van der Waals surface area contributed by atoms with Crippen LogP contribution in [-0.4, -0.2) is 14.8 Å². The van der Waals surface area contributed by atoms with Crippen LogP contribution in [0.2, 0.25) is 0 Å². The third kappa shape index (κ3) is 3.45. The minimum atomic E-state index is -0.828. The summed E-state index contributed by atoms with van der Waals surface area (Å²) >= 11 is 0. The first-order chi connectivity index (χ1) is 17.7. The normalized spacial score (nSPS) is 11.6. The summed E-state index contributed by atoms with van der Waals surface area (Å²) in [6, 6.07) is 41.0. The van der Waals surface area contributed by atoms with Gasteiger partial charge in [0.05, 0.1) is 5.52 Å². The third-order valence-electron chi connectivity index (χ3n) is 6.54. The van der Waals surface area contributed by atoms with Crippen molar-refractivity contribution in [3.63, 3.8) is 0 Å². The molecule has 0 saturated heterocycles. The first-order valence-electron chi connectivity index (χ1n) is 11.8. The minimum Gasteiger partial charge on any atom is -0.384 e. The second kappa shape index (κ2) is 8.78. The molecule has 174 valence electrons. The number of nitrogens with two attached hydrogens (primary N) is 1. The lowest BCUT2D eigenvalue weighted by Gasteiger charge is -2.37. The average Bonchev–Trinajstić information content (AvgIpc) is 3.30. The van der Waals surface area contributed by atoms with Gasteiger partial charge >= 0.3 is 0 Å². The van der Waals surface area contributed by atoms with E-state index in [1.807, 2.05) is 71.4 Å². The van der Waals surface area contributed by atoms with Gasteiger partial charge in [-0.25, -0.2) is 14.1 Å². The highest BCUT2D eigenvalue weighted by atomic mass is 19.1. The van der Waals surface area contributed by atoms with Crippen LogP contribution in [0.15, 0.2) is 127 Å². The average molecular weight is 471 g/mol. The second-order valence-corrected chi connectivity index (χ2v) is 8.68. The van der Waals surface area contributed by atoms with Crippen LogP contribution in [0.4, 0.5) is 10.2 Å². The van der Waals surface area contributed by atoms with Crippen LogP contribution in [0.25, 0.3) is 22.3 Å². The Balaban J connectivity index is 1.80. The molecule has 0 fully saturated rings. The van der Waals surface area contributed by atoms with Crippen molar-refractivity contribution in [2.45, 2.75) is 5.54 Å². The third-order valence-corrected chi connectivity index (χ3v) is 6.54. The van der Waals surface area contributed by atoms with Gasteiger partial charge in [-0.2, -0.15) is 5.10 Å². The van der Waals surface area contributed by atoms with Crippen molar-refractivity contribution in [3.8, 4) is 11.3 Å². The molecule has 0 aliphatic rings. The number of rotatable bonds is 5. The van der Waals surface area contributed by atoms with Gasteiger partial charge < -0.3 is 5.73 Å². The zero-order valence-electron chi connectivity index (χ0n) is 19.4. The molecule has 0 amide bonds. The van der Waals surface area contributed by atoms with Crippen molar-refractivity contribution in [1.82, 2.24) is 14.8 Å². The summed E-state index contributed by atoms with van der Waals surface area (Å²) in [6.07, 6.45) is 0.